The van der Waals surface area contributed by atoms with Gasteiger partial charge in [-0.15, -0.1) is 0 Å². The molecule has 0 radical (unpaired) electrons. The van der Waals surface area contributed by atoms with Gasteiger partial charge in [-0.05, 0) is 46.7 Å². The molecule has 0 saturated heterocycles. The van der Waals surface area contributed by atoms with Crippen LogP contribution in [0.15, 0.2) is 77.7 Å². The minimum atomic E-state index is -3.97. The van der Waals surface area contributed by atoms with Crippen LogP contribution in [0.25, 0.3) is 11.1 Å². The predicted octanol–water partition coefficient (Wildman–Crippen LogP) is 4.73. The Hall–Kier alpha value is -3.29. The van der Waals surface area contributed by atoms with Crippen molar-refractivity contribution in [2.75, 3.05) is 0 Å². The maximum absolute atomic E-state index is 12.6. The number of sulfonamides is 1. The first kappa shape index (κ1) is 25.3. The van der Waals surface area contributed by atoms with Crippen LogP contribution in [0, 0.1) is 5.92 Å². The zero-order chi connectivity index (χ0) is 24.9. The van der Waals surface area contributed by atoms with Crippen molar-refractivity contribution in [3.63, 3.8) is 0 Å². The molecule has 3 rings (SSSR count). The summed E-state index contributed by atoms with van der Waals surface area (Å²) in [6.45, 7) is 5.36. The third-order valence-corrected chi connectivity index (χ3v) is 7.17. The lowest BCUT2D eigenvalue weighted by Gasteiger charge is -2.18. The molecule has 0 amide bonds. The van der Waals surface area contributed by atoms with E-state index in [1.165, 1.54) is 17.7 Å². The first-order valence-corrected chi connectivity index (χ1v) is 12.7. The number of ketones is 1. The second-order valence-electron chi connectivity index (χ2n) is 8.55. The van der Waals surface area contributed by atoms with E-state index in [2.05, 4.69) is 11.6 Å². The summed E-state index contributed by atoms with van der Waals surface area (Å²) in [6.07, 6.45) is 1.23. The Morgan fingerprint density at radius 3 is 1.79 bits per heavy atom. The molecule has 0 aromatic heterocycles. The number of benzene rings is 3. The summed E-state index contributed by atoms with van der Waals surface area (Å²) in [4.78, 5) is 23.9. The number of rotatable bonds is 10. The van der Waals surface area contributed by atoms with Gasteiger partial charge < -0.3 is 5.11 Å². The van der Waals surface area contributed by atoms with Gasteiger partial charge in [-0.1, -0.05) is 81.4 Å². The zero-order valence-electron chi connectivity index (χ0n) is 19.5. The fourth-order valence-corrected chi connectivity index (χ4v) is 4.90. The van der Waals surface area contributed by atoms with Crippen molar-refractivity contribution >= 4 is 21.8 Å². The number of aliphatic carboxylic acids is 1. The molecular weight excluding hydrogens is 450 g/mol. The summed E-state index contributed by atoms with van der Waals surface area (Å²) in [5.74, 6) is -1.56. The molecular formula is C27H29NO5S. The van der Waals surface area contributed by atoms with E-state index in [0.717, 1.165) is 23.1 Å². The highest BCUT2D eigenvalue weighted by atomic mass is 32.2. The molecule has 3 aromatic carbocycles. The van der Waals surface area contributed by atoms with Crippen molar-refractivity contribution in [1.29, 1.82) is 0 Å². The fourth-order valence-electron chi connectivity index (χ4n) is 3.56. The van der Waals surface area contributed by atoms with E-state index in [0.29, 0.717) is 12.0 Å². The number of carboxylic acids is 1. The number of hydrogen-bond donors (Lipinski definition) is 2. The highest BCUT2D eigenvalue weighted by Crippen LogP contribution is 2.23. The van der Waals surface area contributed by atoms with E-state index >= 15 is 0 Å². The smallest absolute Gasteiger partial charge is 0.322 e. The molecule has 34 heavy (non-hydrogen) atoms. The second kappa shape index (κ2) is 10.8. The van der Waals surface area contributed by atoms with Crippen LogP contribution in [-0.4, -0.2) is 31.3 Å². The van der Waals surface area contributed by atoms with Crippen molar-refractivity contribution < 1.29 is 23.1 Å². The molecule has 0 bridgehead atoms. The van der Waals surface area contributed by atoms with Crippen LogP contribution in [-0.2, 0) is 27.7 Å². The molecule has 0 aliphatic heterocycles. The molecule has 2 N–H and O–H groups in total. The largest absolute Gasteiger partial charge is 0.480 e. The first-order valence-electron chi connectivity index (χ1n) is 11.2. The molecule has 0 aliphatic carbocycles. The quantitative estimate of drug-likeness (QED) is 0.410. The summed E-state index contributed by atoms with van der Waals surface area (Å²) in [7, 11) is -3.97. The Morgan fingerprint density at radius 2 is 1.32 bits per heavy atom. The molecule has 0 heterocycles. The first-order chi connectivity index (χ1) is 16.1. The molecule has 3 aromatic rings. The van der Waals surface area contributed by atoms with Gasteiger partial charge in [0, 0.05) is 12.0 Å². The van der Waals surface area contributed by atoms with E-state index in [1.807, 2.05) is 48.5 Å². The van der Waals surface area contributed by atoms with Crippen LogP contribution < -0.4 is 4.72 Å². The van der Waals surface area contributed by atoms with E-state index in [4.69, 9.17) is 0 Å². The molecule has 0 unspecified atom stereocenters. The van der Waals surface area contributed by atoms with Crippen LogP contribution in [0.4, 0.5) is 0 Å². The lowest BCUT2D eigenvalue weighted by molar-refractivity contribution is -0.140. The average Bonchev–Trinajstić information content (AvgIpc) is 2.83. The molecule has 7 heteroatoms. The Morgan fingerprint density at radius 1 is 0.824 bits per heavy atom. The zero-order valence-corrected chi connectivity index (χ0v) is 20.3. The van der Waals surface area contributed by atoms with Crippen LogP contribution >= 0.6 is 0 Å². The van der Waals surface area contributed by atoms with Crippen LogP contribution in [0.2, 0.25) is 0 Å². The van der Waals surface area contributed by atoms with Crippen LogP contribution in [0.5, 0.6) is 0 Å². The van der Waals surface area contributed by atoms with Gasteiger partial charge >= 0.3 is 5.97 Å². The summed E-state index contributed by atoms with van der Waals surface area (Å²) in [5.41, 5.74) is 4.47. The molecule has 6 nitrogen and oxygen atoms in total. The highest BCUT2D eigenvalue weighted by molar-refractivity contribution is 7.89. The number of carbonyl (C=O) groups is 2. The van der Waals surface area contributed by atoms with E-state index in [9.17, 15) is 23.1 Å². The highest BCUT2D eigenvalue weighted by Gasteiger charge is 2.27. The molecule has 0 fully saturated rings. The summed E-state index contributed by atoms with van der Waals surface area (Å²) < 4.78 is 27.4. The predicted molar refractivity (Wildman–Crippen MR) is 132 cm³/mol. The van der Waals surface area contributed by atoms with Gasteiger partial charge in [0.05, 0.1) is 4.90 Å². The third-order valence-electron chi connectivity index (χ3n) is 5.72. The summed E-state index contributed by atoms with van der Waals surface area (Å²) in [5, 5.41) is 9.26. The lowest BCUT2D eigenvalue weighted by atomic mass is 9.99. The van der Waals surface area contributed by atoms with Gasteiger partial charge in [0.2, 0.25) is 10.0 Å². The average molecular weight is 480 g/mol. The van der Waals surface area contributed by atoms with Crippen molar-refractivity contribution in [3.05, 3.63) is 89.5 Å². The lowest BCUT2D eigenvalue weighted by Crippen LogP contribution is -2.44. The second-order valence-corrected chi connectivity index (χ2v) is 10.3. The Bertz CT molecular complexity index is 1250. The molecule has 0 spiro atoms. The van der Waals surface area contributed by atoms with Gasteiger partial charge in [-0.3, -0.25) is 9.59 Å². The fraction of sp³-hybridized carbons (Fsp3) is 0.259. The molecule has 178 valence electrons. The number of carbonyl (C=O) groups excluding carboxylic acids is 1. The SMILES string of the molecule is CCc1ccc(C(=O)Cc2ccc(-c3ccc(S(=O)(=O)N[C@H](C(=O)O)C(C)C)cc3)cc2)cc1. The Kier molecular flexibility index (Phi) is 8.02. The monoisotopic (exact) mass is 479 g/mol. The van der Waals surface area contributed by atoms with Crippen molar-refractivity contribution in [2.45, 2.75) is 44.6 Å². The maximum atomic E-state index is 12.6. The topological polar surface area (TPSA) is 101 Å². The number of nitrogens with one attached hydrogen (secondary N) is 1. The maximum Gasteiger partial charge on any atom is 0.322 e. The van der Waals surface area contributed by atoms with Crippen LogP contribution in [0.1, 0.15) is 42.3 Å². The standard InChI is InChI=1S/C27H29NO5S/c1-4-19-5-11-23(12-6-19)25(29)17-20-7-9-21(10-8-20)22-13-15-24(16-14-22)34(32,33)28-26(18(2)3)27(30)31/h5-16,18,26,28H,4,17H2,1-3H3,(H,30,31)/t26-/m0/s1. The molecule has 0 aliphatic rings. The van der Waals surface area contributed by atoms with Gasteiger partial charge in [-0.25, -0.2) is 8.42 Å². The normalized spacial score (nSPS) is 12.5. The van der Waals surface area contributed by atoms with Gasteiger partial charge in [-0.2, -0.15) is 4.72 Å². The van der Waals surface area contributed by atoms with E-state index in [1.54, 1.807) is 26.0 Å². The number of Topliss-reactive ketones (excluding diaryl/α,β-unsaturated/α-hetero) is 1. The Labute approximate surface area is 200 Å². The Balaban J connectivity index is 1.70. The van der Waals surface area contributed by atoms with Crippen molar-refractivity contribution in [1.82, 2.24) is 4.72 Å². The van der Waals surface area contributed by atoms with E-state index in [-0.39, 0.29) is 10.7 Å². The van der Waals surface area contributed by atoms with Gasteiger partial charge in [0.25, 0.3) is 0 Å². The van der Waals surface area contributed by atoms with Crippen molar-refractivity contribution in [3.8, 4) is 11.1 Å². The van der Waals surface area contributed by atoms with Crippen molar-refractivity contribution in [2.24, 2.45) is 5.92 Å². The van der Waals surface area contributed by atoms with E-state index < -0.39 is 28.0 Å². The summed E-state index contributed by atoms with van der Waals surface area (Å²) in [6, 6.07) is 20.3. The molecule has 1 atom stereocenters. The third kappa shape index (κ3) is 6.18. The minimum absolute atomic E-state index is 0.000501. The van der Waals surface area contributed by atoms with Crippen LogP contribution in [0.3, 0.4) is 0 Å². The summed E-state index contributed by atoms with van der Waals surface area (Å²) >= 11 is 0. The van der Waals surface area contributed by atoms with Gasteiger partial charge in [0.1, 0.15) is 6.04 Å². The number of aryl methyl sites for hydroxylation is 1. The van der Waals surface area contributed by atoms with Gasteiger partial charge in [0.15, 0.2) is 5.78 Å². The number of hydrogen-bond acceptors (Lipinski definition) is 4. The number of carboxylic acid groups (broad SMARTS) is 1. The minimum Gasteiger partial charge on any atom is -0.480 e. The molecule has 0 saturated carbocycles.